The van der Waals surface area contributed by atoms with Gasteiger partial charge in [0.25, 0.3) is 11.2 Å². The zero-order chi connectivity index (χ0) is 18.4. The molecule has 1 aromatic heterocycles. The molecule has 2 heterocycles. The molecule has 1 saturated heterocycles. The van der Waals surface area contributed by atoms with Gasteiger partial charge in [-0.3, -0.25) is 5.21 Å². The second-order valence-corrected chi connectivity index (χ2v) is 4.54. The first-order valence-electron chi connectivity index (χ1n) is 7.45. The highest BCUT2D eigenvalue weighted by molar-refractivity contribution is 5.21. The monoisotopic (exact) mass is 411 g/mol. The number of aromatic nitrogens is 2. The van der Waals surface area contributed by atoms with E-state index >= 15 is 0 Å². The van der Waals surface area contributed by atoms with E-state index in [2.05, 4.69) is 32.9 Å². The quantitative estimate of drug-likeness (QED) is 0.279. The molecule has 1 aliphatic rings. The second-order valence-electron chi connectivity index (χ2n) is 4.54. The zero-order valence-electron chi connectivity index (χ0n) is 15.7. The Labute approximate surface area is 170 Å². The van der Waals surface area contributed by atoms with Crippen molar-refractivity contribution in [3.8, 4) is 0 Å². The lowest BCUT2D eigenvalue weighted by Gasteiger charge is -2.02. The Hall–Kier alpha value is -2.47. The SMILES string of the molecule is C.C.C.C=NN(O)CC.CN[n+]1cc(C)on1.CON[N+](=O)N1CCCC1.[CH3-]. The van der Waals surface area contributed by atoms with Gasteiger partial charge in [-0.05, 0) is 19.8 Å². The standard InChI is InChI=1S/C5H12N3O2.C4H8N3O.C3H8N2O.3CH4.CH3/c1-10-6-8(9)7-4-2-3-5-7;1-4-3-7(5-2)6-8-4;1-3-5(6)4-2;;;;/h2-5H2,1H3,(H,6,9);3H,1-2H3,(H,5,6);6H,2-3H2,1H3;3*1H4;1H3/q2*+1;;;;;-1. The van der Waals surface area contributed by atoms with E-state index in [9.17, 15) is 4.91 Å². The number of hydrazine groups is 2. The smallest absolute Gasteiger partial charge is 0.274 e. The highest BCUT2D eigenvalue weighted by atomic mass is 16.7. The summed E-state index contributed by atoms with van der Waals surface area (Å²) in [4.78, 5) is 17.4. The van der Waals surface area contributed by atoms with Gasteiger partial charge in [-0.2, -0.15) is 15.7 Å². The summed E-state index contributed by atoms with van der Waals surface area (Å²) < 4.78 is 4.71. The number of aryl methyl sites for hydroxylation is 1. The van der Waals surface area contributed by atoms with Gasteiger partial charge in [0.15, 0.2) is 0 Å². The van der Waals surface area contributed by atoms with Crippen LogP contribution in [0.25, 0.3) is 0 Å². The molecule has 2 rings (SSSR count). The number of nitrogens with one attached hydrogen (secondary N) is 2. The van der Waals surface area contributed by atoms with Crippen LogP contribution in [0.15, 0.2) is 15.8 Å². The molecule has 170 valence electrons. The third-order valence-corrected chi connectivity index (χ3v) is 2.76. The average molecular weight is 412 g/mol. The predicted octanol–water partition coefficient (Wildman–Crippen LogP) is 1.96. The lowest BCUT2D eigenvalue weighted by atomic mass is 10.4. The number of hydrogen-bond acceptors (Lipinski definition) is 8. The van der Waals surface area contributed by atoms with Crippen LogP contribution < -0.4 is 15.8 Å². The van der Waals surface area contributed by atoms with Crippen LogP contribution in [-0.2, 0) is 4.84 Å². The van der Waals surface area contributed by atoms with Crippen molar-refractivity contribution in [2.24, 2.45) is 5.10 Å². The summed E-state index contributed by atoms with van der Waals surface area (Å²) in [5.74, 6) is 0.791. The fourth-order valence-corrected chi connectivity index (χ4v) is 1.55. The Morgan fingerprint density at radius 2 is 2.00 bits per heavy atom. The first-order valence-corrected chi connectivity index (χ1v) is 7.45. The van der Waals surface area contributed by atoms with E-state index in [4.69, 9.17) is 9.73 Å². The van der Waals surface area contributed by atoms with E-state index in [1.54, 1.807) is 25.2 Å². The number of hydrazone groups is 1. The van der Waals surface area contributed by atoms with Crippen molar-refractivity contribution in [1.29, 1.82) is 0 Å². The molecular formula is C16H43N8O4+. The number of nitrogens with zero attached hydrogens (tertiary/aromatic N) is 6. The maximum absolute atomic E-state index is 10.9. The molecule has 12 nitrogen and oxygen atoms in total. The first kappa shape index (κ1) is 36.4. The van der Waals surface area contributed by atoms with Crippen LogP contribution in [-0.4, -0.2) is 66.1 Å². The normalized spacial score (nSPS) is 10.5. The van der Waals surface area contributed by atoms with Crippen molar-refractivity contribution in [3.05, 3.63) is 24.3 Å². The van der Waals surface area contributed by atoms with E-state index < -0.39 is 0 Å². The molecule has 0 spiro atoms. The number of rotatable bonds is 6. The van der Waals surface area contributed by atoms with Crippen LogP contribution in [0.2, 0.25) is 0 Å². The highest BCUT2D eigenvalue weighted by Gasteiger charge is 2.24. The van der Waals surface area contributed by atoms with Crippen LogP contribution in [0.5, 0.6) is 0 Å². The zero-order valence-corrected chi connectivity index (χ0v) is 15.7. The maximum Gasteiger partial charge on any atom is 0.274 e. The van der Waals surface area contributed by atoms with Crippen LogP contribution >= 0.6 is 0 Å². The van der Waals surface area contributed by atoms with E-state index in [1.807, 2.05) is 6.92 Å². The van der Waals surface area contributed by atoms with Crippen molar-refractivity contribution >= 4 is 6.72 Å². The Morgan fingerprint density at radius 1 is 1.46 bits per heavy atom. The minimum Gasteiger partial charge on any atom is -0.358 e. The lowest BCUT2D eigenvalue weighted by molar-refractivity contribution is -0.784. The van der Waals surface area contributed by atoms with E-state index in [1.165, 1.54) is 11.9 Å². The van der Waals surface area contributed by atoms with Crippen molar-refractivity contribution in [1.82, 2.24) is 21.0 Å². The van der Waals surface area contributed by atoms with Crippen LogP contribution in [0.3, 0.4) is 0 Å². The summed E-state index contributed by atoms with van der Waals surface area (Å²) in [6, 6.07) is 0. The summed E-state index contributed by atoms with van der Waals surface area (Å²) in [5, 5.41) is 17.4. The number of nitroso groups, excluding NO2 is 1. The van der Waals surface area contributed by atoms with Crippen molar-refractivity contribution in [3.63, 3.8) is 0 Å². The fourth-order valence-electron chi connectivity index (χ4n) is 1.55. The lowest BCUT2D eigenvalue weighted by Crippen LogP contribution is -2.43. The molecule has 0 atom stereocenters. The second kappa shape index (κ2) is 22.6. The highest BCUT2D eigenvalue weighted by Crippen LogP contribution is 2.05. The van der Waals surface area contributed by atoms with Gasteiger partial charge in [-0.1, -0.05) is 22.3 Å². The van der Waals surface area contributed by atoms with Crippen LogP contribution in [0.1, 0.15) is 47.8 Å². The van der Waals surface area contributed by atoms with Gasteiger partial charge >= 0.3 is 0 Å². The molecule has 0 aliphatic carbocycles. The minimum atomic E-state index is 0. The number of hydrogen-bond donors (Lipinski definition) is 3. The van der Waals surface area contributed by atoms with Gasteiger partial charge in [-0.25, -0.2) is 4.84 Å². The summed E-state index contributed by atoms with van der Waals surface area (Å²) in [6.45, 7) is 8.79. The fraction of sp³-hybridized carbons (Fsp3) is 0.750. The van der Waals surface area contributed by atoms with Gasteiger partial charge < -0.3 is 11.9 Å². The Kier molecular flexibility index (Phi) is 29.4. The molecule has 3 N–H and O–H groups in total. The van der Waals surface area contributed by atoms with E-state index in [0.29, 0.717) is 11.5 Å². The Balaban J connectivity index is -0.0000000907. The molecule has 1 aliphatic heterocycles. The molecule has 28 heavy (non-hydrogen) atoms. The molecule has 12 heteroatoms. The van der Waals surface area contributed by atoms with Gasteiger partial charge in [0, 0.05) is 19.2 Å². The summed E-state index contributed by atoms with van der Waals surface area (Å²) in [5.41, 5.74) is 4.95. The average Bonchev–Trinajstić information content (AvgIpc) is 3.27. The summed E-state index contributed by atoms with van der Waals surface area (Å²) in [6.07, 6.45) is 3.92. The molecule has 0 aromatic carbocycles. The van der Waals surface area contributed by atoms with Gasteiger partial charge in [0.05, 0.1) is 43.5 Å². The van der Waals surface area contributed by atoms with Gasteiger partial charge in [-0.15, -0.1) is 5.01 Å². The Morgan fingerprint density at radius 3 is 2.25 bits per heavy atom. The van der Waals surface area contributed by atoms with E-state index in [-0.39, 0.29) is 29.7 Å². The van der Waals surface area contributed by atoms with Crippen molar-refractivity contribution < 1.29 is 24.3 Å². The predicted molar refractivity (Wildman–Crippen MR) is 112 cm³/mol. The van der Waals surface area contributed by atoms with E-state index in [0.717, 1.165) is 36.9 Å². The third-order valence-electron chi connectivity index (χ3n) is 2.76. The molecule has 0 bridgehead atoms. The summed E-state index contributed by atoms with van der Waals surface area (Å²) >= 11 is 0. The van der Waals surface area contributed by atoms with Crippen LogP contribution in [0.4, 0.5) is 0 Å². The molecule has 0 saturated carbocycles. The molecule has 0 unspecified atom stereocenters. The van der Waals surface area contributed by atoms with Crippen LogP contribution in [0, 0.1) is 19.3 Å². The topological polar surface area (TPSA) is 122 Å². The summed E-state index contributed by atoms with van der Waals surface area (Å²) in [7, 11) is 3.18. The molecule has 0 radical (unpaired) electrons. The molecule has 1 fully saturated rings. The van der Waals surface area contributed by atoms with Gasteiger partial charge in [0.2, 0.25) is 11.0 Å². The van der Waals surface area contributed by atoms with Gasteiger partial charge in [0.1, 0.15) is 0 Å². The molecule has 0 amide bonds. The molecular weight excluding hydrogens is 368 g/mol. The maximum atomic E-state index is 10.9. The first-order chi connectivity index (χ1) is 11.5. The van der Waals surface area contributed by atoms with Crippen molar-refractivity contribution in [2.75, 3.05) is 39.2 Å². The minimum absolute atomic E-state index is 0. The Bertz CT molecular complexity index is 467. The van der Waals surface area contributed by atoms with Crippen molar-refractivity contribution in [2.45, 2.75) is 49.0 Å². The third kappa shape index (κ3) is 17.0. The number of hydroxylamine groups is 1. The largest absolute Gasteiger partial charge is 0.358 e. The molecule has 1 aromatic rings.